The molecular formula is C23H34N6O5S. The molecule has 1 aliphatic rings. The molecule has 1 fully saturated rings. The van der Waals surface area contributed by atoms with E-state index in [1.165, 1.54) is 0 Å². The van der Waals surface area contributed by atoms with Crippen molar-refractivity contribution in [1.82, 2.24) is 25.2 Å². The summed E-state index contributed by atoms with van der Waals surface area (Å²) < 4.78 is 29.2. The van der Waals surface area contributed by atoms with Crippen molar-refractivity contribution in [3.63, 3.8) is 0 Å². The fraction of sp³-hybridized carbons (Fsp3) is 0.565. The molecule has 192 valence electrons. The molecule has 1 unspecified atom stereocenters. The molecule has 4 N–H and O–H groups in total. The number of hydrogen-bond acceptors (Lipinski definition) is 7. The van der Waals surface area contributed by atoms with E-state index in [0.717, 1.165) is 24.8 Å². The third kappa shape index (κ3) is 7.84. The van der Waals surface area contributed by atoms with Crippen molar-refractivity contribution < 1.29 is 23.2 Å². The maximum atomic E-state index is 12.5. The lowest BCUT2D eigenvalue weighted by atomic mass is 9.95. The molecule has 1 heterocycles. The number of hydrogen-bond donors (Lipinski definition) is 4. The summed E-state index contributed by atoms with van der Waals surface area (Å²) in [5.74, 6) is -2.13. The summed E-state index contributed by atoms with van der Waals surface area (Å²) in [7, 11) is -3.37. The van der Waals surface area contributed by atoms with Gasteiger partial charge in [0.25, 0.3) is 5.91 Å². The van der Waals surface area contributed by atoms with E-state index >= 15 is 0 Å². The molecule has 12 heteroatoms. The van der Waals surface area contributed by atoms with Crippen LogP contribution >= 0.6 is 0 Å². The van der Waals surface area contributed by atoms with E-state index in [-0.39, 0.29) is 17.7 Å². The average Bonchev–Trinajstić information content (AvgIpc) is 3.30. The third-order valence-corrected chi connectivity index (χ3v) is 7.94. The van der Waals surface area contributed by atoms with Crippen molar-refractivity contribution in [1.29, 1.82) is 0 Å². The SMILES string of the molecule is CC(C)CC(C(=O)NO)C(=O)Nc1ccc(Cn2cc(CNS(=O)(=O)C3CCCCC3)nn2)cc1. The smallest absolute Gasteiger partial charge is 0.255 e. The molecule has 1 aliphatic carbocycles. The number of carbonyl (C=O) groups is 2. The van der Waals surface area contributed by atoms with Crippen LogP contribution in [0, 0.1) is 11.8 Å². The zero-order valence-electron chi connectivity index (χ0n) is 20.1. The van der Waals surface area contributed by atoms with Crippen molar-refractivity contribution in [2.45, 2.75) is 70.7 Å². The van der Waals surface area contributed by atoms with Crippen LogP contribution in [0.2, 0.25) is 0 Å². The molecule has 2 amide bonds. The van der Waals surface area contributed by atoms with Crippen molar-refractivity contribution >= 4 is 27.5 Å². The Morgan fingerprint density at radius 1 is 1.11 bits per heavy atom. The maximum Gasteiger partial charge on any atom is 0.255 e. The molecule has 0 spiro atoms. The first-order chi connectivity index (χ1) is 16.7. The number of aromatic nitrogens is 3. The van der Waals surface area contributed by atoms with E-state index < -0.39 is 27.8 Å². The van der Waals surface area contributed by atoms with Crippen molar-refractivity contribution in [2.24, 2.45) is 11.8 Å². The van der Waals surface area contributed by atoms with Crippen molar-refractivity contribution in [3.05, 3.63) is 41.7 Å². The second-order valence-corrected chi connectivity index (χ2v) is 11.4. The number of carbonyl (C=O) groups excluding carboxylic acids is 2. The van der Waals surface area contributed by atoms with Crippen LogP contribution in [-0.2, 0) is 32.7 Å². The Hall–Kier alpha value is -2.83. The summed E-state index contributed by atoms with van der Waals surface area (Å²) in [5.41, 5.74) is 3.51. The van der Waals surface area contributed by atoms with Gasteiger partial charge < -0.3 is 5.32 Å². The molecular weight excluding hydrogens is 472 g/mol. The van der Waals surface area contributed by atoms with E-state index in [1.807, 2.05) is 26.0 Å². The molecule has 3 rings (SSSR count). The predicted octanol–water partition coefficient (Wildman–Crippen LogP) is 2.18. The monoisotopic (exact) mass is 506 g/mol. The van der Waals surface area contributed by atoms with Crippen LogP contribution in [-0.4, -0.2) is 45.7 Å². The summed E-state index contributed by atoms with van der Waals surface area (Å²) in [6.45, 7) is 4.30. The molecule has 0 saturated heterocycles. The first-order valence-electron chi connectivity index (χ1n) is 11.9. The Kier molecular flexibility index (Phi) is 9.35. The highest BCUT2D eigenvalue weighted by Crippen LogP contribution is 2.23. The van der Waals surface area contributed by atoms with E-state index in [1.54, 1.807) is 28.5 Å². The lowest BCUT2D eigenvalue weighted by molar-refractivity contribution is -0.139. The fourth-order valence-corrected chi connectivity index (χ4v) is 5.70. The largest absolute Gasteiger partial charge is 0.325 e. The second kappa shape index (κ2) is 12.2. The van der Waals surface area contributed by atoms with Crippen LogP contribution in [0.4, 0.5) is 5.69 Å². The topological polar surface area (TPSA) is 155 Å². The van der Waals surface area contributed by atoms with E-state index in [0.29, 0.717) is 37.2 Å². The summed E-state index contributed by atoms with van der Waals surface area (Å²) in [6, 6.07) is 7.05. The number of nitrogens with one attached hydrogen (secondary N) is 3. The summed E-state index contributed by atoms with van der Waals surface area (Å²) in [5, 5.41) is 19.4. The van der Waals surface area contributed by atoms with Gasteiger partial charge in [-0.05, 0) is 42.9 Å². The quantitative estimate of drug-likeness (QED) is 0.207. The zero-order valence-corrected chi connectivity index (χ0v) is 20.9. The van der Waals surface area contributed by atoms with Crippen LogP contribution in [0.15, 0.2) is 30.5 Å². The van der Waals surface area contributed by atoms with Gasteiger partial charge in [0, 0.05) is 5.69 Å². The number of amides is 2. The van der Waals surface area contributed by atoms with Gasteiger partial charge in [-0.3, -0.25) is 14.8 Å². The Morgan fingerprint density at radius 3 is 2.43 bits per heavy atom. The van der Waals surface area contributed by atoms with E-state index in [2.05, 4.69) is 20.4 Å². The van der Waals surface area contributed by atoms with Gasteiger partial charge in [-0.2, -0.15) is 0 Å². The predicted molar refractivity (Wildman–Crippen MR) is 130 cm³/mol. The summed E-state index contributed by atoms with van der Waals surface area (Å²) >= 11 is 0. The Labute approximate surface area is 205 Å². The fourth-order valence-electron chi connectivity index (χ4n) is 4.16. The van der Waals surface area contributed by atoms with Gasteiger partial charge in [0.15, 0.2) is 0 Å². The first kappa shape index (κ1) is 26.8. The lowest BCUT2D eigenvalue weighted by Gasteiger charge is -2.21. The van der Waals surface area contributed by atoms with Gasteiger partial charge in [0.2, 0.25) is 15.9 Å². The zero-order chi connectivity index (χ0) is 25.4. The number of hydroxylamine groups is 1. The van der Waals surface area contributed by atoms with Crippen LogP contribution in [0.5, 0.6) is 0 Å². The molecule has 1 aromatic heterocycles. The Balaban J connectivity index is 1.53. The normalized spacial score (nSPS) is 15.7. The van der Waals surface area contributed by atoms with Crippen LogP contribution < -0.4 is 15.5 Å². The minimum atomic E-state index is -3.37. The van der Waals surface area contributed by atoms with E-state index in [4.69, 9.17) is 5.21 Å². The number of rotatable bonds is 11. The highest BCUT2D eigenvalue weighted by Gasteiger charge is 2.28. The Morgan fingerprint density at radius 2 is 1.80 bits per heavy atom. The molecule has 1 atom stereocenters. The second-order valence-electron chi connectivity index (χ2n) is 9.38. The molecule has 11 nitrogen and oxygen atoms in total. The minimum Gasteiger partial charge on any atom is -0.325 e. The van der Waals surface area contributed by atoms with Crippen LogP contribution in [0.1, 0.15) is 63.6 Å². The molecule has 2 aromatic rings. The van der Waals surface area contributed by atoms with Gasteiger partial charge >= 0.3 is 0 Å². The number of sulfonamides is 1. The maximum absolute atomic E-state index is 12.5. The molecule has 0 radical (unpaired) electrons. The molecule has 35 heavy (non-hydrogen) atoms. The van der Waals surface area contributed by atoms with Crippen molar-refractivity contribution in [2.75, 3.05) is 5.32 Å². The summed E-state index contributed by atoms with van der Waals surface area (Å²) in [4.78, 5) is 24.4. The first-order valence-corrected chi connectivity index (χ1v) is 13.4. The minimum absolute atomic E-state index is 0.0977. The molecule has 0 bridgehead atoms. The number of nitrogens with zero attached hydrogens (tertiary/aromatic N) is 3. The molecule has 0 aliphatic heterocycles. The van der Waals surface area contributed by atoms with Gasteiger partial charge in [-0.25, -0.2) is 23.3 Å². The van der Waals surface area contributed by atoms with Gasteiger partial charge in [-0.1, -0.05) is 50.5 Å². The van der Waals surface area contributed by atoms with E-state index in [9.17, 15) is 18.0 Å². The van der Waals surface area contributed by atoms with Crippen LogP contribution in [0.25, 0.3) is 0 Å². The standard InChI is InChI=1S/C23H34N6O5S/c1-16(2)12-21(23(31)27-32)22(30)25-18-10-8-17(9-11-18)14-29-15-19(26-28-29)13-24-35(33,34)20-6-4-3-5-7-20/h8-11,15-16,20-21,24,32H,3-7,12-14H2,1-2H3,(H,25,30)(H,27,31). The highest BCUT2D eigenvalue weighted by molar-refractivity contribution is 7.90. The van der Waals surface area contributed by atoms with Gasteiger partial charge in [0.1, 0.15) is 5.92 Å². The number of anilines is 1. The third-order valence-electron chi connectivity index (χ3n) is 6.05. The van der Waals surface area contributed by atoms with Crippen molar-refractivity contribution in [3.8, 4) is 0 Å². The average molecular weight is 507 g/mol. The lowest BCUT2D eigenvalue weighted by Crippen LogP contribution is -2.37. The summed E-state index contributed by atoms with van der Waals surface area (Å²) in [6.07, 6.45) is 6.39. The molecule has 1 aromatic carbocycles. The highest BCUT2D eigenvalue weighted by atomic mass is 32.2. The number of benzene rings is 1. The van der Waals surface area contributed by atoms with Gasteiger partial charge in [-0.15, -0.1) is 5.10 Å². The Bertz CT molecular complexity index is 1090. The molecule has 1 saturated carbocycles. The van der Waals surface area contributed by atoms with Gasteiger partial charge in [0.05, 0.1) is 30.2 Å². The van der Waals surface area contributed by atoms with Crippen LogP contribution in [0.3, 0.4) is 0 Å².